The van der Waals surface area contributed by atoms with Gasteiger partial charge < -0.3 is 14.2 Å². The maximum atomic E-state index is 12.0. The summed E-state index contributed by atoms with van der Waals surface area (Å²) in [6.07, 6.45) is 1.44. The summed E-state index contributed by atoms with van der Waals surface area (Å²) in [4.78, 5) is 24.0. The Morgan fingerprint density at radius 1 is 1.00 bits per heavy atom. The molecule has 0 fully saturated rings. The van der Waals surface area contributed by atoms with Crippen molar-refractivity contribution in [3.8, 4) is 0 Å². The maximum absolute atomic E-state index is 12.0. The number of hydrogen-bond donors (Lipinski definition) is 2. The number of rotatable bonds is 5. The maximum Gasteiger partial charge on any atom is 0.307 e. The quantitative estimate of drug-likeness (QED) is 0.542. The zero-order valence-corrected chi connectivity index (χ0v) is 14.3. The molecule has 0 spiro atoms. The molecule has 3 rings (SSSR count). The lowest BCUT2D eigenvalue weighted by Gasteiger charge is -2.06. The second-order valence-electron chi connectivity index (χ2n) is 5.56. The first-order valence-corrected chi connectivity index (χ1v) is 7.89. The molecule has 132 valence electrons. The average Bonchev–Trinajstić information content (AvgIpc) is 3.31. The number of furan rings is 2. The van der Waals surface area contributed by atoms with Gasteiger partial charge in [-0.1, -0.05) is 12.1 Å². The van der Waals surface area contributed by atoms with Gasteiger partial charge in [-0.25, -0.2) is 5.43 Å². The number of benzene rings is 1. The Morgan fingerprint density at radius 3 is 2.54 bits per heavy atom. The van der Waals surface area contributed by atoms with E-state index in [-0.39, 0.29) is 17.4 Å². The van der Waals surface area contributed by atoms with Gasteiger partial charge >= 0.3 is 5.91 Å². The fourth-order valence-corrected chi connectivity index (χ4v) is 2.23. The van der Waals surface area contributed by atoms with E-state index < -0.39 is 5.91 Å². The normalized spacial score (nSPS) is 11.2. The highest BCUT2D eigenvalue weighted by molar-refractivity contribution is 6.04. The van der Waals surface area contributed by atoms with Gasteiger partial charge in [0.2, 0.25) is 0 Å². The molecule has 2 amide bonds. The first-order chi connectivity index (χ1) is 12.5. The fraction of sp³-hybridized carbons (Fsp3) is 0.105. The van der Waals surface area contributed by atoms with Crippen LogP contribution < -0.4 is 10.7 Å². The van der Waals surface area contributed by atoms with Crippen molar-refractivity contribution >= 4 is 23.2 Å². The number of nitrogens with zero attached hydrogens (tertiary/aromatic N) is 1. The predicted octanol–water partition coefficient (Wildman–Crippen LogP) is 3.59. The van der Waals surface area contributed by atoms with E-state index >= 15 is 0 Å². The third-order valence-electron chi connectivity index (χ3n) is 3.57. The number of carbonyl (C=O) groups is 2. The first kappa shape index (κ1) is 17.2. The molecule has 0 unspecified atom stereocenters. The van der Waals surface area contributed by atoms with E-state index in [0.717, 1.165) is 5.56 Å². The van der Waals surface area contributed by atoms with E-state index in [0.29, 0.717) is 17.2 Å². The topological polar surface area (TPSA) is 96.8 Å². The third-order valence-corrected chi connectivity index (χ3v) is 3.57. The van der Waals surface area contributed by atoms with E-state index in [2.05, 4.69) is 15.8 Å². The molecule has 0 aliphatic carbocycles. The van der Waals surface area contributed by atoms with Crippen LogP contribution in [-0.2, 0) is 0 Å². The standard InChI is InChI=1S/C19H17N3O4/c1-12-8-9-17(26-12)19(24)22-21-13(2)14-5-3-6-15(11-14)20-18(23)16-7-4-10-25-16/h3-11H,1-2H3,(H,20,23)(H,22,24). The van der Waals surface area contributed by atoms with Crippen LogP contribution in [0.15, 0.2) is 68.7 Å². The number of hydrazone groups is 1. The molecule has 0 atom stereocenters. The van der Waals surface area contributed by atoms with Crippen LogP contribution in [0.2, 0.25) is 0 Å². The summed E-state index contributed by atoms with van der Waals surface area (Å²) in [5.41, 5.74) is 4.36. The van der Waals surface area contributed by atoms with Crippen LogP contribution in [0, 0.1) is 6.92 Å². The van der Waals surface area contributed by atoms with E-state index in [9.17, 15) is 9.59 Å². The highest BCUT2D eigenvalue weighted by Gasteiger charge is 2.11. The second-order valence-corrected chi connectivity index (χ2v) is 5.56. The average molecular weight is 351 g/mol. The van der Waals surface area contributed by atoms with Gasteiger partial charge in [-0.3, -0.25) is 9.59 Å². The number of hydrogen-bond acceptors (Lipinski definition) is 5. The van der Waals surface area contributed by atoms with Gasteiger partial charge in [-0.2, -0.15) is 5.10 Å². The highest BCUT2D eigenvalue weighted by Crippen LogP contribution is 2.13. The van der Waals surface area contributed by atoms with Gasteiger partial charge in [0.25, 0.3) is 5.91 Å². The van der Waals surface area contributed by atoms with Gasteiger partial charge in [0.05, 0.1) is 12.0 Å². The lowest BCUT2D eigenvalue weighted by atomic mass is 10.1. The predicted molar refractivity (Wildman–Crippen MR) is 96.2 cm³/mol. The minimum Gasteiger partial charge on any atom is -0.459 e. The molecule has 7 nitrogen and oxygen atoms in total. The highest BCUT2D eigenvalue weighted by atomic mass is 16.4. The molecule has 7 heteroatoms. The minimum atomic E-state index is -0.431. The largest absolute Gasteiger partial charge is 0.459 e. The smallest absolute Gasteiger partial charge is 0.307 e. The van der Waals surface area contributed by atoms with Crippen molar-refractivity contribution in [2.75, 3.05) is 5.32 Å². The first-order valence-electron chi connectivity index (χ1n) is 7.89. The van der Waals surface area contributed by atoms with Gasteiger partial charge in [-0.05, 0) is 55.8 Å². The van der Waals surface area contributed by atoms with Crippen LogP contribution in [0.25, 0.3) is 0 Å². The van der Waals surface area contributed by atoms with Crippen molar-refractivity contribution in [1.29, 1.82) is 0 Å². The molecular weight excluding hydrogens is 334 g/mol. The van der Waals surface area contributed by atoms with E-state index in [1.54, 1.807) is 56.3 Å². The molecule has 2 heterocycles. The summed E-state index contributed by atoms with van der Waals surface area (Å²) in [5.74, 6) is 0.291. The van der Waals surface area contributed by atoms with Crippen LogP contribution in [0.1, 0.15) is 39.4 Å². The third kappa shape index (κ3) is 4.07. The van der Waals surface area contributed by atoms with Crippen molar-refractivity contribution in [1.82, 2.24) is 5.43 Å². The number of anilines is 1. The number of aryl methyl sites for hydroxylation is 1. The minimum absolute atomic E-state index is 0.193. The molecule has 0 aliphatic heterocycles. The van der Waals surface area contributed by atoms with Crippen LogP contribution in [0.4, 0.5) is 5.69 Å². The number of amides is 2. The summed E-state index contributed by atoms with van der Waals surface area (Å²) < 4.78 is 10.3. The molecule has 0 radical (unpaired) electrons. The Bertz CT molecular complexity index is 955. The molecule has 3 aromatic rings. The molecule has 26 heavy (non-hydrogen) atoms. The molecule has 2 N–H and O–H groups in total. The van der Waals surface area contributed by atoms with Crippen molar-refractivity contribution in [2.45, 2.75) is 13.8 Å². The van der Waals surface area contributed by atoms with Crippen LogP contribution >= 0.6 is 0 Å². The number of nitrogens with one attached hydrogen (secondary N) is 2. The molecule has 0 saturated heterocycles. The fourth-order valence-electron chi connectivity index (χ4n) is 2.23. The Kier molecular flexibility index (Phi) is 4.98. The van der Waals surface area contributed by atoms with Gasteiger partial charge in [0.1, 0.15) is 5.76 Å². The van der Waals surface area contributed by atoms with Crippen molar-refractivity contribution in [3.63, 3.8) is 0 Å². The molecule has 2 aromatic heterocycles. The summed E-state index contributed by atoms with van der Waals surface area (Å²) in [5, 5.41) is 6.82. The van der Waals surface area contributed by atoms with Crippen LogP contribution in [-0.4, -0.2) is 17.5 Å². The second kappa shape index (κ2) is 7.52. The van der Waals surface area contributed by atoms with E-state index in [1.807, 2.05) is 6.07 Å². The lowest BCUT2D eigenvalue weighted by Crippen LogP contribution is -2.18. The Hall–Kier alpha value is -3.61. The Balaban J connectivity index is 1.68. The van der Waals surface area contributed by atoms with E-state index in [1.165, 1.54) is 6.26 Å². The van der Waals surface area contributed by atoms with Crippen molar-refractivity contribution in [3.05, 3.63) is 77.6 Å². The SMILES string of the molecule is CC(=NNC(=O)c1ccc(C)o1)c1cccc(NC(=O)c2ccco2)c1. The van der Waals surface area contributed by atoms with Crippen LogP contribution in [0.3, 0.4) is 0 Å². The van der Waals surface area contributed by atoms with Gasteiger partial charge in [0, 0.05) is 5.69 Å². The monoisotopic (exact) mass is 351 g/mol. The van der Waals surface area contributed by atoms with Crippen molar-refractivity contribution in [2.24, 2.45) is 5.10 Å². The number of carbonyl (C=O) groups excluding carboxylic acids is 2. The van der Waals surface area contributed by atoms with E-state index in [4.69, 9.17) is 8.83 Å². The summed E-state index contributed by atoms with van der Waals surface area (Å²) in [7, 11) is 0. The summed E-state index contributed by atoms with van der Waals surface area (Å²) >= 11 is 0. The Morgan fingerprint density at radius 2 is 1.85 bits per heavy atom. The molecular formula is C19H17N3O4. The Labute approximate surface area is 149 Å². The summed E-state index contributed by atoms with van der Waals surface area (Å²) in [6, 6.07) is 13.6. The zero-order chi connectivity index (χ0) is 18.5. The molecule has 1 aromatic carbocycles. The zero-order valence-electron chi connectivity index (χ0n) is 14.3. The molecule has 0 saturated carbocycles. The van der Waals surface area contributed by atoms with Gasteiger partial charge in [0.15, 0.2) is 11.5 Å². The van der Waals surface area contributed by atoms with Gasteiger partial charge in [-0.15, -0.1) is 0 Å². The van der Waals surface area contributed by atoms with Crippen LogP contribution in [0.5, 0.6) is 0 Å². The molecule has 0 bridgehead atoms. The lowest BCUT2D eigenvalue weighted by molar-refractivity contribution is 0.0925. The molecule has 0 aliphatic rings. The summed E-state index contributed by atoms with van der Waals surface area (Å²) in [6.45, 7) is 3.51. The van der Waals surface area contributed by atoms with Crippen molar-refractivity contribution < 1.29 is 18.4 Å².